The Hall–Kier alpha value is -2.89. The molecule has 0 unspecified atom stereocenters. The molecule has 2 aromatic rings. The fourth-order valence-electron chi connectivity index (χ4n) is 2.76. The smallest absolute Gasteiger partial charge is 0.311 e. The highest BCUT2D eigenvalue weighted by atomic mass is 16.6. The maximum Gasteiger partial charge on any atom is 0.311 e. The summed E-state index contributed by atoms with van der Waals surface area (Å²) >= 11 is 0. The molecule has 30 heavy (non-hydrogen) atoms. The predicted octanol–water partition coefficient (Wildman–Crippen LogP) is 4.23. The van der Waals surface area contributed by atoms with Crippen molar-refractivity contribution < 1.29 is 28.6 Å². The van der Waals surface area contributed by atoms with E-state index in [4.69, 9.17) is 14.2 Å². The molecular formula is C24H30O6. The summed E-state index contributed by atoms with van der Waals surface area (Å²) < 4.78 is 15.4. The summed E-state index contributed by atoms with van der Waals surface area (Å²) in [5.74, 6) is -1.05. The second kappa shape index (κ2) is 11.3. The Morgan fingerprint density at radius 1 is 0.833 bits per heavy atom. The summed E-state index contributed by atoms with van der Waals surface area (Å²) in [7, 11) is 0. The van der Waals surface area contributed by atoms with Crippen molar-refractivity contribution >= 4 is 28.7 Å². The molecular weight excluding hydrogens is 384 g/mol. The highest BCUT2D eigenvalue weighted by Crippen LogP contribution is 2.21. The second-order valence-electron chi connectivity index (χ2n) is 7.73. The molecule has 0 atom stereocenters. The van der Waals surface area contributed by atoms with Crippen molar-refractivity contribution in [3.8, 4) is 0 Å². The van der Waals surface area contributed by atoms with Gasteiger partial charge in [0.25, 0.3) is 0 Å². The maximum absolute atomic E-state index is 12.1. The first-order chi connectivity index (χ1) is 14.3. The third-order valence-electron chi connectivity index (χ3n) is 5.02. The van der Waals surface area contributed by atoms with Crippen LogP contribution in [-0.2, 0) is 35.0 Å². The Morgan fingerprint density at radius 2 is 1.50 bits per heavy atom. The summed E-state index contributed by atoms with van der Waals surface area (Å²) in [4.78, 5) is 35.6. The lowest BCUT2D eigenvalue weighted by Gasteiger charge is -2.20. The van der Waals surface area contributed by atoms with Crippen LogP contribution in [0.1, 0.15) is 45.6 Å². The van der Waals surface area contributed by atoms with E-state index in [1.807, 2.05) is 63.2 Å². The van der Waals surface area contributed by atoms with Crippen molar-refractivity contribution in [3.63, 3.8) is 0 Å². The lowest BCUT2D eigenvalue weighted by molar-refractivity contribution is -0.156. The lowest BCUT2D eigenvalue weighted by Crippen LogP contribution is -2.26. The highest BCUT2D eigenvalue weighted by molar-refractivity contribution is 5.89. The van der Waals surface area contributed by atoms with Crippen LogP contribution in [0.3, 0.4) is 0 Å². The monoisotopic (exact) mass is 414 g/mol. The van der Waals surface area contributed by atoms with Gasteiger partial charge in [0.05, 0.1) is 18.4 Å². The van der Waals surface area contributed by atoms with E-state index in [0.717, 1.165) is 16.3 Å². The number of hydrogen-bond donors (Lipinski definition) is 0. The zero-order valence-corrected chi connectivity index (χ0v) is 17.9. The Labute approximate surface area is 177 Å². The molecule has 162 valence electrons. The van der Waals surface area contributed by atoms with E-state index in [0.29, 0.717) is 12.8 Å². The van der Waals surface area contributed by atoms with E-state index in [-0.39, 0.29) is 44.6 Å². The van der Waals surface area contributed by atoms with Crippen LogP contribution in [0.4, 0.5) is 0 Å². The molecule has 0 spiro atoms. The highest BCUT2D eigenvalue weighted by Gasteiger charge is 2.26. The summed E-state index contributed by atoms with van der Waals surface area (Å²) in [5, 5.41) is 2.09. The number of fused-ring (bicyclic) bond motifs is 1. The van der Waals surface area contributed by atoms with Crippen LogP contribution >= 0.6 is 0 Å². The van der Waals surface area contributed by atoms with Crippen LogP contribution in [0.25, 0.3) is 10.8 Å². The van der Waals surface area contributed by atoms with Crippen LogP contribution in [0.5, 0.6) is 0 Å². The van der Waals surface area contributed by atoms with Crippen LogP contribution in [-0.4, -0.2) is 37.7 Å². The van der Waals surface area contributed by atoms with Crippen molar-refractivity contribution in [1.82, 2.24) is 0 Å². The molecule has 2 aromatic carbocycles. The average Bonchev–Trinajstić information content (AvgIpc) is 2.74. The van der Waals surface area contributed by atoms with Gasteiger partial charge in [-0.1, -0.05) is 49.4 Å². The molecule has 0 aliphatic carbocycles. The van der Waals surface area contributed by atoms with Gasteiger partial charge in [-0.2, -0.15) is 0 Å². The van der Waals surface area contributed by atoms with Crippen molar-refractivity contribution in [2.24, 2.45) is 5.41 Å². The van der Waals surface area contributed by atoms with Crippen molar-refractivity contribution in [2.45, 2.75) is 46.5 Å². The minimum absolute atomic E-state index is 0.00274. The van der Waals surface area contributed by atoms with E-state index >= 15 is 0 Å². The lowest BCUT2D eigenvalue weighted by atomic mass is 9.91. The largest absolute Gasteiger partial charge is 0.465 e. The first-order valence-electron chi connectivity index (χ1n) is 10.3. The van der Waals surface area contributed by atoms with Crippen molar-refractivity contribution in [3.05, 3.63) is 48.0 Å². The Bertz CT molecular complexity index is 866. The van der Waals surface area contributed by atoms with Gasteiger partial charge in [-0.05, 0) is 43.0 Å². The van der Waals surface area contributed by atoms with Gasteiger partial charge >= 0.3 is 17.9 Å². The first kappa shape index (κ1) is 23.4. The van der Waals surface area contributed by atoms with Gasteiger partial charge in [-0.3, -0.25) is 14.4 Å². The van der Waals surface area contributed by atoms with Crippen molar-refractivity contribution in [1.29, 1.82) is 0 Å². The number of esters is 3. The van der Waals surface area contributed by atoms with Gasteiger partial charge in [0.2, 0.25) is 0 Å². The predicted molar refractivity (Wildman–Crippen MR) is 114 cm³/mol. The van der Waals surface area contributed by atoms with E-state index in [1.165, 1.54) is 0 Å². The minimum Gasteiger partial charge on any atom is -0.465 e. The standard InChI is InChI=1S/C24H30O6/c1-4-24(2,3)23(27)30-14-8-13-21(25)28-15-16-29-22(26)17-19-11-7-10-18-9-5-6-12-20(18)19/h5-7,9-12H,4,8,13-17H2,1-3H3. The molecule has 0 amide bonds. The summed E-state index contributed by atoms with van der Waals surface area (Å²) in [6.07, 6.45) is 1.39. The second-order valence-corrected chi connectivity index (χ2v) is 7.73. The van der Waals surface area contributed by atoms with E-state index in [2.05, 4.69) is 0 Å². The molecule has 0 radical (unpaired) electrons. The molecule has 0 aliphatic heterocycles. The van der Waals surface area contributed by atoms with Crippen molar-refractivity contribution in [2.75, 3.05) is 19.8 Å². The molecule has 0 aromatic heterocycles. The molecule has 0 saturated carbocycles. The number of rotatable bonds is 11. The van der Waals surface area contributed by atoms with E-state index in [1.54, 1.807) is 0 Å². The van der Waals surface area contributed by atoms with Crippen LogP contribution in [0, 0.1) is 5.41 Å². The summed E-state index contributed by atoms with van der Waals surface area (Å²) in [5.41, 5.74) is 0.382. The van der Waals surface area contributed by atoms with Gasteiger partial charge in [-0.15, -0.1) is 0 Å². The van der Waals surface area contributed by atoms with Gasteiger partial charge < -0.3 is 14.2 Å². The fraction of sp³-hybridized carbons (Fsp3) is 0.458. The van der Waals surface area contributed by atoms with Gasteiger partial charge in [-0.25, -0.2) is 0 Å². The average molecular weight is 414 g/mol. The van der Waals surface area contributed by atoms with E-state index in [9.17, 15) is 14.4 Å². The minimum atomic E-state index is -0.517. The molecule has 0 aliphatic rings. The zero-order chi connectivity index (χ0) is 22.0. The van der Waals surface area contributed by atoms with Gasteiger partial charge in [0.15, 0.2) is 0 Å². The molecule has 0 N–H and O–H groups in total. The molecule has 0 fully saturated rings. The number of ether oxygens (including phenoxy) is 3. The van der Waals surface area contributed by atoms with E-state index < -0.39 is 11.4 Å². The molecule has 0 heterocycles. The molecule has 0 saturated heterocycles. The summed E-state index contributed by atoms with van der Waals surface area (Å²) in [6.45, 7) is 5.76. The van der Waals surface area contributed by atoms with Crippen LogP contribution < -0.4 is 0 Å². The zero-order valence-electron chi connectivity index (χ0n) is 17.9. The Balaban J connectivity index is 1.61. The number of carbonyl (C=O) groups is 3. The molecule has 0 bridgehead atoms. The van der Waals surface area contributed by atoms with Crippen LogP contribution in [0.2, 0.25) is 0 Å². The topological polar surface area (TPSA) is 78.9 Å². The first-order valence-corrected chi connectivity index (χ1v) is 10.3. The number of carbonyl (C=O) groups excluding carboxylic acids is 3. The SMILES string of the molecule is CCC(C)(C)C(=O)OCCCC(=O)OCCOC(=O)Cc1cccc2ccccc12. The molecule has 6 heteroatoms. The maximum atomic E-state index is 12.1. The normalized spacial score (nSPS) is 11.2. The number of benzene rings is 2. The van der Waals surface area contributed by atoms with Crippen LogP contribution in [0.15, 0.2) is 42.5 Å². The van der Waals surface area contributed by atoms with Gasteiger partial charge in [0, 0.05) is 6.42 Å². The Kier molecular flexibility index (Phi) is 8.84. The third kappa shape index (κ3) is 7.17. The molecule has 2 rings (SSSR count). The third-order valence-corrected chi connectivity index (χ3v) is 5.02. The Morgan fingerprint density at radius 3 is 2.23 bits per heavy atom. The summed E-state index contributed by atoms with van der Waals surface area (Å²) in [6, 6.07) is 13.7. The number of hydrogen-bond acceptors (Lipinski definition) is 6. The quantitative estimate of drug-likeness (QED) is 0.311. The molecule has 6 nitrogen and oxygen atoms in total. The fourth-order valence-corrected chi connectivity index (χ4v) is 2.76. The van der Waals surface area contributed by atoms with Gasteiger partial charge in [0.1, 0.15) is 13.2 Å².